The molecule has 1 aliphatic carbocycles. The largest absolute Gasteiger partial charge is 0.441 e. The van der Waals surface area contributed by atoms with Crippen molar-refractivity contribution >= 4 is 22.8 Å². The fraction of sp³-hybridized carbons (Fsp3) is 0.476. The van der Waals surface area contributed by atoms with Crippen molar-refractivity contribution in [2.24, 2.45) is 0 Å². The smallest absolute Gasteiger partial charge is 0.410 e. The summed E-state index contributed by atoms with van der Waals surface area (Å²) >= 11 is 0. The minimum atomic E-state index is -0.237. The summed E-state index contributed by atoms with van der Waals surface area (Å²) in [6.45, 7) is 3.82. The van der Waals surface area contributed by atoms with Crippen molar-refractivity contribution in [2.75, 3.05) is 44.3 Å². The van der Waals surface area contributed by atoms with E-state index in [9.17, 15) is 4.79 Å². The second-order valence-electron chi connectivity index (χ2n) is 8.23. The number of anilines is 1. The fourth-order valence-corrected chi connectivity index (χ4v) is 4.09. The number of amides is 1. The van der Waals surface area contributed by atoms with Crippen LogP contribution in [0.25, 0.3) is 22.3 Å². The average Bonchev–Trinajstić information content (AvgIpc) is 3.30. The maximum Gasteiger partial charge on any atom is 0.410 e. The molecule has 2 saturated heterocycles. The van der Waals surface area contributed by atoms with E-state index in [0.717, 1.165) is 41.1 Å². The lowest BCUT2D eigenvalue weighted by Crippen LogP contribution is -2.51. The highest BCUT2D eigenvalue weighted by molar-refractivity contribution is 5.93. The zero-order valence-corrected chi connectivity index (χ0v) is 16.7. The Bertz CT molecular complexity index is 1080. The molecule has 156 valence electrons. The minimum absolute atomic E-state index is 0.0853. The highest BCUT2D eigenvalue weighted by Gasteiger charge is 2.29. The summed E-state index contributed by atoms with van der Waals surface area (Å²) in [6.07, 6.45) is 7.97. The first kappa shape index (κ1) is 17.8. The van der Waals surface area contributed by atoms with Crippen molar-refractivity contribution in [1.29, 1.82) is 0 Å². The molecule has 3 aliphatic rings. The second kappa shape index (κ2) is 7.02. The lowest BCUT2D eigenvalue weighted by molar-refractivity contribution is -0.104. The van der Waals surface area contributed by atoms with E-state index in [0.29, 0.717) is 32.3 Å². The first-order valence-corrected chi connectivity index (χ1v) is 10.5. The molecular weight excluding hydrogens is 384 g/mol. The number of nitrogens with zero attached hydrogens (tertiary/aromatic N) is 5. The van der Waals surface area contributed by atoms with Gasteiger partial charge in [-0.1, -0.05) is 0 Å². The molecule has 9 nitrogen and oxygen atoms in total. The van der Waals surface area contributed by atoms with E-state index in [1.165, 1.54) is 12.8 Å². The van der Waals surface area contributed by atoms with Gasteiger partial charge in [-0.15, -0.1) is 0 Å². The molecule has 0 bridgehead atoms. The minimum Gasteiger partial charge on any atom is -0.441 e. The summed E-state index contributed by atoms with van der Waals surface area (Å²) < 4.78 is 12.6. The molecular formula is C21H24N6O3. The van der Waals surface area contributed by atoms with Crippen LogP contribution in [0.2, 0.25) is 0 Å². The summed E-state index contributed by atoms with van der Waals surface area (Å²) in [5, 5.41) is 5.59. The summed E-state index contributed by atoms with van der Waals surface area (Å²) in [5.74, 6) is 0. The third-order valence-electron chi connectivity index (χ3n) is 6.10. The molecule has 30 heavy (non-hydrogen) atoms. The van der Waals surface area contributed by atoms with E-state index < -0.39 is 0 Å². The third-order valence-corrected chi connectivity index (χ3v) is 6.10. The zero-order valence-electron chi connectivity index (χ0n) is 16.7. The van der Waals surface area contributed by atoms with Crippen molar-refractivity contribution in [2.45, 2.75) is 25.0 Å². The van der Waals surface area contributed by atoms with Crippen LogP contribution in [0.5, 0.6) is 0 Å². The Morgan fingerprint density at radius 3 is 2.77 bits per heavy atom. The maximum absolute atomic E-state index is 12.3. The number of carbonyl (C=O) groups excluding carboxylic acids is 1. The first-order valence-electron chi connectivity index (χ1n) is 10.5. The number of hydrogen-bond donors (Lipinski definition) is 1. The van der Waals surface area contributed by atoms with Crippen LogP contribution in [0, 0.1) is 0 Å². The molecule has 0 unspecified atom stereocenters. The number of nitrogens with one attached hydrogen (secondary N) is 1. The van der Waals surface area contributed by atoms with Crippen LogP contribution in [0.4, 0.5) is 10.5 Å². The molecule has 3 aromatic rings. The molecule has 6 rings (SSSR count). The molecule has 3 fully saturated rings. The van der Waals surface area contributed by atoms with Gasteiger partial charge in [-0.3, -0.25) is 4.68 Å². The van der Waals surface area contributed by atoms with Gasteiger partial charge < -0.3 is 24.3 Å². The van der Waals surface area contributed by atoms with E-state index in [-0.39, 0.29) is 12.2 Å². The second-order valence-corrected chi connectivity index (χ2v) is 8.23. The Hall–Kier alpha value is -3.07. The molecule has 1 N–H and O–H groups in total. The molecule has 0 atom stereocenters. The van der Waals surface area contributed by atoms with Crippen LogP contribution in [0.3, 0.4) is 0 Å². The molecule has 0 spiro atoms. The summed E-state index contributed by atoms with van der Waals surface area (Å²) in [7, 11) is 0. The maximum atomic E-state index is 12.3. The summed E-state index contributed by atoms with van der Waals surface area (Å²) in [4.78, 5) is 24.3. The van der Waals surface area contributed by atoms with Crippen molar-refractivity contribution in [3.8, 4) is 11.3 Å². The van der Waals surface area contributed by atoms with Gasteiger partial charge in [0.2, 0.25) is 0 Å². The molecule has 3 aromatic heterocycles. The van der Waals surface area contributed by atoms with Crippen molar-refractivity contribution in [1.82, 2.24) is 24.6 Å². The normalized spacial score (nSPS) is 19.9. The number of carbonyl (C=O) groups is 1. The first-order chi connectivity index (χ1) is 14.7. The number of hydrogen-bond acceptors (Lipinski definition) is 6. The molecule has 0 aromatic carbocycles. The van der Waals surface area contributed by atoms with E-state index in [2.05, 4.69) is 36.9 Å². The Labute approximate surface area is 173 Å². The van der Waals surface area contributed by atoms with Crippen molar-refractivity contribution < 1.29 is 14.3 Å². The zero-order chi connectivity index (χ0) is 20.1. The number of pyridine rings is 1. The highest BCUT2D eigenvalue weighted by Crippen LogP contribution is 2.36. The standard InChI is InChI=1S/C21H24N6O3/c28-21(30-16-12-29-13-16)26-7-5-25(6-8-26)19-3-4-22-20-17(19)9-18(24-20)14-10-23-27(11-14)15-1-2-15/h3-4,9-11,15-16H,1-2,5-8,12-13H2,(H,22,24). The Morgan fingerprint density at radius 1 is 1.20 bits per heavy atom. The van der Waals surface area contributed by atoms with Crippen LogP contribution in [-0.4, -0.2) is 76.2 Å². The van der Waals surface area contributed by atoms with Gasteiger partial charge in [0, 0.05) is 55.2 Å². The van der Waals surface area contributed by atoms with Gasteiger partial charge in [0.05, 0.1) is 31.1 Å². The van der Waals surface area contributed by atoms with Crippen LogP contribution in [0.1, 0.15) is 18.9 Å². The number of H-pyrrole nitrogens is 1. The monoisotopic (exact) mass is 408 g/mol. The SMILES string of the molecule is O=C(OC1COC1)N1CCN(c2ccnc3[nH]c(-c4cnn(C5CC5)c4)cc23)CC1. The topological polar surface area (TPSA) is 88.5 Å². The number of rotatable bonds is 4. The highest BCUT2D eigenvalue weighted by atomic mass is 16.6. The van der Waals surface area contributed by atoms with Crippen LogP contribution >= 0.6 is 0 Å². The average molecular weight is 408 g/mol. The Morgan fingerprint density at radius 2 is 2.03 bits per heavy atom. The number of aromatic amines is 1. The number of fused-ring (bicyclic) bond motifs is 1. The van der Waals surface area contributed by atoms with Gasteiger partial charge in [0.25, 0.3) is 0 Å². The summed E-state index contributed by atoms with van der Waals surface area (Å²) in [6, 6.07) is 4.77. The Kier molecular flexibility index (Phi) is 4.15. The van der Waals surface area contributed by atoms with Gasteiger partial charge in [-0.05, 0) is 25.0 Å². The number of piperazine rings is 1. The van der Waals surface area contributed by atoms with E-state index >= 15 is 0 Å². The molecule has 1 saturated carbocycles. The predicted octanol–water partition coefficient (Wildman–Crippen LogP) is 2.42. The van der Waals surface area contributed by atoms with E-state index in [4.69, 9.17) is 9.47 Å². The van der Waals surface area contributed by atoms with Gasteiger partial charge in [0.1, 0.15) is 5.65 Å². The quantitative estimate of drug-likeness (QED) is 0.713. The Balaban J connectivity index is 1.19. The van der Waals surface area contributed by atoms with Gasteiger partial charge >= 0.3 is 6.09 Å². The molecule has 0 radical (unpaired) electrons. The number of ether oxygens (including phenoxy) is 2. The lowest BCUT2D eigenvalue weighted by atomic mass is 10.2. The number of aromatic nitrogens is 4. The van der Waals surface area contributed by atoms with Gasteiger partial charge in [-0.2, -0.15) is 5.10 Å². The van der Waals surface area contributed by atoms with Gasteiger partial charge in [-0.25, -0.2) is 9.78 Å². The molecule has 9 heteroatoms. The van der Waals surface area contributed by atoms with Crippen molar-refractivity contribution in [3.63, 3.8) is 0 Å². The molecule has 2 aliphatic heterocycles. The van der Waals surface area contributed by atoms with Crippen molar-refractivity contribution in [3.05, 3.63) is 30.7 Å². The lowest BCUT2D eigenvalue weighted by Gasteiger charge is -2.37. The van der Waals surface area contributed by atoms with E-state index in [1.54, 1.807) is 4.90 Å². The van der Waals surface area contributed by atoms with Crippen LogP contribution < -0.4 is 4.90 Å². The third kappa shape index (κ3) is 3.19. The molecule has 5 heterocycles. The fourth-order valence-electron chi connectivity index (χ4n) is 4.09. The van der Waals surface area contributed by atoms with Gasteiger partial charge in [0.15, 0.2) is 6.10 Å². The van der Waals surface area contributed by atoms with Crippen LogP contribution in [0.15, 0.2) is 30.7 Å². The predicted molar refractivity (Wildman–Crippen MR) is 110 cm³/mol. The summed E-state index contributed by atoms with van der Waals surface area (Å²) in [5.41, 5.74) is 4.12. The van der Waals surface area contributed by atoms with Crippen LogP contribution in [-0.2, 0) is 9.47 Å². The molecule has 1 amide bonds. The van der Waals surface area contributed by atoms with E-state index in [1.807, 2.05) is 18.5 Å².